The summed E-state index contributed by atoms with van der Waals surface area (Å²) in [5.41, 5.74) is 13.6. The summed E-state index contributed by atoms with van der Waals surface area (Å²) in [5.74, 6) is 0.529. The maximum absolute atomic E-state index is 12.8. The molecule has 7 nitrogen and oxygen atoms in total. The molecule has 188 valence electrons. The Kier molecular flexibility index (Phi) is 5.61. The molecule has 4 N–H and O–H groups in total. The van der Waals surface area contributed by atoms with Crippen LogP contribution in [0.25, 0.3) is 32.6 Å². The Morgan fingerprint density at radius 2 is 1.81 bits per heavy atom. The fourth-order valence-electron chi connectivity index (χ4n) is 5.77. The minimum absolute atomic E-state index is 0.216. The fourth-order valence-corrected chi connectivity index (χ4v) is 6.58. The molecule has 37 heavy (non-hydrogen) atoms. The van der Waals surface area contributed by atoms with Crippen molar-refractivity contribution in [2.24, 2.45) is 0 Å². The quantitative estimate of drug-likeness (QED) is 0.313. The topological polar surface area (TPSA) is 100 Å². The number of nitrogens with one attached hydrogen (secondary N) is 2. The van der Waals surface area contributed by atoms with E-state index in [0.29, 0.717) is 35.8 Å². The molecule has 0 saturated heterocycles. The van der Waals surface area contributed by atoms with Gasteiger partial charge < -0.3 is 20.4 Å². The van der Waals surface area contributed by atoms with E-state index in [4.69, 9.17) is 15.5 Å². The Balaban J connectivity index is 1.05. The Labute approximate surface area is 218 Å². The first-order chi connectivity index (χ1) is 18.1. The molecule has 7 rings (SSSR count). The summed E-state index contributed by atoms with van der Waals surface area (Å²) in [6.45, 7) is 2.80. The molecule has 0 atom stereocenters. The number of H-pyrrole nitrogens is 2. The van der Waals surface area contributed by atoms with Crippen molar-refractivity contribution in [2.45, 2.75) is 44.4 Å². The number of rotatable bonds is 5. The summed E-state index contributed by atoms with van der Waals surface area (Å²) in [6, 6.07) is 17.3. The van der Waals surface area contributed by atoms with Crippen molar-refractivity contribution in [2.75, 3.05) is 18.8 Å². The van der Waals surface area contributed by atoms with Gasteiger partial charge in [-0.25, -0.2) is 4.98 Å². The number of anilines is 1. The largest absolute Gasteiger partial charge is 0.397 e. The summed E-state index contributed by atoms with van der Waals surface area (Å²) < 4.78 is 7.02. The summed E-state index contributed by atoms with van der Waals surface area (Å²) >= 11 is 1.52. The average Bonchev–Trinajstić information content (AvgIpc) is 3.45. The third-order valence-electron chi connectivity index (χ3n) is 7.95. The van der Waals surface area contributed by atoms with Crippen LogP contribution in [-0.4, -0.2) is 45.1 Å². The number of pyridine rings is 1. The van der Waals surface area contributed by atoms with Crippen molar-refractivity contribution >= 4 is 38.3 Å². The lowest BCUT2D eigenvalue weighted by Crippen LogP contribution is -2.49. The van der Waals surface area contributed by atoms with Gasteiger partial charge in [-0.1, -0.05) is 30.3 Å². The zero-order chi connectivity index (χ0) is 24.9. The molecular weight excluding hydrogens is 482 g/mol. The number of fused-ring (bicyclic) bond motifs is 3. The number of nitrogen functional groups attached to an aromatic ring is 1. The van der Waals surface area contributed by atoms with Gasteiger partial charge in [0.05, 0.1) is 39.6 Å². The van der Waals surface area contributed by atoms with Gasteiger partial charge in [0.2, 0.25) is 0 Å². The maximum Gasteiger partial charge on any atom is 0.261 e. The van der Waals surface area contributed by atoms with E-state index in [9.17, 15) is 4.79 Å². The van der Waals surface area contributed by atoms with Gasteiger partial charge in [0.1, 0.15) is 11.4 Å². The van der Waals surface area contributed by atoms with Gasteiger partial charge >= 0.3 is 0 Å². The fraction of sp³-hybridized carbons (Fsp3) is 0.310. The number of nitrogens with two attached hydrogens (primary N) is 1. The molecule has 2 aliphatic rings. The number of ether oxygens (including phenoxy) is 1. The summed E-state index contributed by atoms with van der Waals surface area (Å²) in [6.07, 6.45) is 4.60. The monoisotopic (exact) mass is 511 g/mol. The Hall–Kier alpha value is -3.46. The zero-order valence-electron chi connectivity index (χ0n) is 20.5. The van der Waals surface area contributed by atoms with Crippen molar-refractivity contribution in [1.82, 2.24) is 19.9 Å². The second-order valence-electron chi connectivity index (χ2n) is 10.2. The number of hydrogen-bond donors (Lipinski definition) is 3. The Morgan fingerprint density at radius 1 is 1.03 bits per heavy atom. The number of imidazole rings is 1. The molecule has 0 radical (unpaired) electrons. The van der Waals surface area contributed by atoms with Crippen molar-refractivity contribution in [3.05, 3.63) is 81.0 Å². The third-order valence-corrected chi connectivity index (χ3v) is 8.89. The first kappa shape index (κ1) is 22.7. The standard InChI is InChI=1S/C29H29N5O2S/c30-26-25(29(35)33-22-8-11-37-27(22)26)28-31-23-12-18-6-9-34(10-7-19(18)13-24(23)32-28)20-14-21(15-20)36-16-17-4-2-1-3-5-17/h1-5,8,11-13,20-21H,6-7,9-10,14-16H2,(H,31,32)(H3,30,33,35). The number of aromatic nitrogens is 3. The lowest BCUT2D eigenvalue weighted by molar-refractivity contribution is -0.0581. The van der Waals surface area contributed by atoms with Crippen LogP contribution >= 0.6 is 11.3 Å². The molecule has 1 aliphatic carbocycles. The van der Waals surface area contributed by atoms with Gasteiger partial charge in [0, 0.05) is 19.1 Å². The van der Waals surface area contributed by atoms with Crippen LogP contribution < -0.4 is 11.3 Å². The van der Waals surface area contributed by atoms with Gasteiger partial charge in [-0.15, -0.1) is 11.3 Å². The van der Waals surface area contributed by atoms with Gasteiger partial charge in [-0.3, -0.25) is 9.69 Å². The van der Waals surface area contributed by atoms with Crippen molar-refractivity contribution in [3.63, 3.8) is 0 Å². The number of thiophene rings is 1. The summed E-state index contributed by atoms with van der Waals surface area (Å²) in [7, 11) is 0. The van der Waals surface area contributed by atoms with Gasteiger partial charge in [0.25, 0.3) is 5.56 Å². The van der Waals surface area contributed by atoms with Crippen LogP contribution in [-0.2, 0) is 24.2 Å². The number of hydrogen-bond acceptors (Lipinski definition) is 6. The summed E-state index contributed by atoms with van der Waals surface area (Å²) in [5, 5.41) is 1.93. The highest BCUT2D eigenvalue weighted by molar-refractivity contribution is 7.17. The highest BCUT2D eigenvalue weighted by Crippen LogP contribution is 2.34. The van der Waals surface area contributed by atoms with E-state index in [-0.39, 0.29) is 5.56 Å². The summed E-state index contributed by atoms with van der Waals surface area (Å²) in [4.78, 5) is 26.5. The first-order valence-electron chi connectivity index (χ1n) is 12.9. The number of aromatic amines is 2. The Bertz CT molecular complexity index is 1600. The first-order valence-corrected chi connectivity index (χ1v) is 13.8. The molecule has 5 aromatic rings. The minimum atomic E-state index is -0.216. The molecule has 3 aromatic heterocycles. The molecule has 0 bridgehead atoms. The smallest absolute Gasteiger partial charge is 0.261 e. The van der Waals surface area contributed by atoms with Crippen molar-refractivity contribution < 1.29 is 4.74 Å². The molecule has 1 fully saturated rings. The van der Waals surface area contributed by atoms with E-state index in [1.54, 1.807) is 0 Å². The van der Waals surface area contributed by atoms with E-state index >= 15 is 0 Å². The van der Waals surface area contributed by atoms with Crippen LogP contribution in [0, 0.1) is 0 Å². The highest BCUT2D eigenvalue weighted by atomic mass is 32.1. The molecular formula is C29H29N5O2S. The Morgan fingerprint density at radius 3 is 2.62 bits per heavy atom. The average molecular weight is 512 g/mol. The highest BCUT2D eigenvalue weighted by Gasteiger charge is 2.35. The van der Waals surface area contributed by atoms with Crippen LogP contribution in [0.3, 0.4) is 0 Å². The SMILES string of the molecule is Nc1c(-c2nc3cc4c(cc3[nH]2)CCN(C2CC(OCc3ccccc3)C2)CC4)c(=O)[nH]c2ccsc12. The number of nitrogens with zero attached hydrogens (tertiary/aromatic N) is 2. The zero-order valence-corrected chi connectivity index (χ0v) is 21.3. The maximum atomic E-state index is 12.8. The second kappa shape index (κ2) is 9.13. The van der Waals surface area contributed by atoms with E-state index in [1.807, 2.05) is 17.5 Å². The normalized spacial score (nSPS) is 20.1. The van der Waals surface area contributed by atoms with E-state index < -0.39 is 0 Å². The predicted molar refractivity (Wildman–Crippen MR) is 149 cm³/mol. The molecule has 0 amide bonds. The van der Waals surface area contributed by atoms with Crippen molar-refractivity contribution in [3.8, 4) is 11.4 Å². The van der Waals surface area contributed by atoms with Crippen LogP contribution in [0.1, 0.15) is 29.5 Å². The molecule has 1 aliphatic heterocycles. The van der Waals surface area contributed by atoms with E-state index in [0.717, 1.165) is 60.0 Å². The van der Waals surface area contributed by atoms with Crippen LogP contribution in [0.5, 0.6) is 0 Å². The van der Waals surface area contributed by atoms with Crippen molar-refractivity contribution in [1.29, 1.82) is 0 Å². The molecule has 0 spiro atoms. The van der Waals surface area contributed by atoms with Crippen LogP contribution in [0.4, 0.5) is 5.69 Å². The minimum Gasteiger partial charge on any atom is -0.397 e. The molecule has 8 heteroatoms. The van der Waals surface area contributed by atoms with Crippen LogP contribution in [0.2, 0.25) is 0 Å². The molecule has 4 heterocycles. The van der Waals surface area contributed by atoms with Gasteiger partial charge in [-0.05, 0) is 66.0 Å². The molecule has 0 unspecified atom stereocenters. The van der Waals surface area contributed by atoms with E-state index in [1.165, 1.54) is 28.0 Å². The lowest BCUT2D eigenvalue weighted by atomic mass is 9.87. The molecule has 1 saturated carbocycles. The van der Waals surface area contributed by atoms with E-state index in [2.05, 4.69) is 51.3 Å². The molecule has 2 aromatic carbocycles. The van der Waals surface area contributed by atoms with Gasteiger partial charge in [-0.2, -0.15) is 0 Å². The van der Waals surface area contributed by atoms with Crippen LogP contribution in [0.15, 0.2) is 58.7 Å². The predicted octanol–water partition coefficient (Wildman–Crippen LogP) is 4.86. The second-order valence-corrected chi connectivity index (χ2v) is 11.1. The third kappa shape index (κ3) is 4.15. The van der Waals surface area contributed by atoms with Gasteiger partial charge in [0.15, 0.2) is 0 Å². The lowest BCUT2D eigenvalue weighted by Gasteiger charge is -2.42. The number of benzene rings is 2.